The van der Waals surface area contributed by atoms with Crippen LogP contribution in [0.4, 0.5) is 4.79 Å². The highest BCUT2D eigenvalue weighted by atomic mass is 16.6. The molecule has 8 nitrogen and oxygen atoms in total. The van der Waals surface area contributed by atoms with E-state index in [9.17, 15) is 14.4 Å². The average molecular weight is 345 g/mol. The first-order chi connectivity index (χ1) is 10.9. The molecule has 0 aliphatic carbocycles. The highest BCUT2D eigenvalue weighted by molar-refractivity contribution is 5.85. The average Bonchev–Trinajstić information content (AvgIpc) is 2.42. The van der Waals surface area contributed by atoms with Gasteiger partial charge in [0.05, 0.1) is 6.04 Å². The quantitative estimate of drug-likeness (QED) is 0.563. The molecule has 4 N–H and O–H groups in total. The minimum absolute atomic E-state index is 0.0412. The third-order valence-electron chi connectivity index (χ3n) is 2.97. The van der Waals surface area contributed by atoms with Crippen LogP contribution in [0.2, 0.25) is 0 Å². The number of carbonyl (C=O) groups is 3. The Morgan fingerprint density at radius 3 is 2.17 bits per heavy atom. The largest absolute Gasteiger partial charge is 0.464 e. The van der Waals surface area contributed by atoms with Crippen LogP contribution in [-0.4, -0.2) is 48.8 Å². The molecular weight excluding hydrogens is 314 g/mol. The zero-order valence-electron chi connectivity index (χ0n) is 15.5. The van der Waals surface area contributed by atoms with Crippen LogP contribution in [-0.2, 0) is 19.1 Å². The minimum atomic E-state index is -0.779. The molecule has 0 aliphatic heterocycles. The Kier molecular flexibility index (Phi) is 9.35. The van der Waals surface area contributed by atoms with Crippen LogP contribution in [0, 0.1) is 5.92 Å². The van der Waals surface area contributed by atoms with Crippen molar-refractivity contribution in [2.75, 3.05) is 13.2 Å². The first-order valence-corrected chi connectivity index (χ1v) is 8.08. The molecule has 0 aromatic rings. The number of nitrogens with two attached hydrogens (primary N) is 1. The van der Waals surface area contributed by atoms with E-state index < -0.39 is 23.7 Å². The van der Waals surface area contributed by atoms with Crippen molar-refractivity contribution in [2.24, 2.45) is 11.7 Å². The van der Waals surface area contributed by atoms with Gasteiger partial charge in [0.2, 0.25) is 5.91 Å². The summed E-state index contributed by atoms with van der Waals surface area (Å²) >= 11 is 0. The van der Waals surface area contributed by atoms with Gasteiger partial charge >= 0.3 is 12.1 Å². The Hall–Kier alpha value is -1.83. The summed E-state index contributed by atoms with van der Waals surface area (Å²) in [5.74, 6) is -0.753. The van der Waals surface area contributed by atoms with E-state index in [1.807, 2.05) is 6.92 Å². The Bertz CT molecular complexity index is 434. The number of hydrogen-bond acceptors (Lipinski definition) is 6. The maximum absolute atomic E-state index is 12.4. The molecule has 0 aromatic carbocycles. The molecule has 0 fully saturated rings. The summed E-state index contributed by atoms with van der Waals surface area (Å²) in [6.07, 6.45) is -0.290. The van der Waals surface area contributed by atoms with Crippen molar-refractivity contribution in [3.63, 3.8) is 0 Å². The third kappa shape index (κ3) is 10.8. The van der Waals surface area contributed by atoms with Gasteiger partial charge in [-0.2, -0.15) is 0 Å². The fourth-order valence-electron chi connectivity index (χ4n) is 1.81. The molecule has 0 saturated heterocycles. The van der Waals surface area contributed by atoms with Crippen molar-refractivity contribution in [1.82, 2.24) is 10.6 Å². The van der Waals surface area contributed by atoms with Crippen LogP contribution in [0.3, 0.4) is 0 Å². The summed E-state index contributed by atoms with van der Waals surface area (Å²) in [6, 6.07) is -1.16. The van der Waals surface area contributed by atoms with Gasteiger partial charge in [-0.15, -0.1) is 0 Å². The van der Waals surface area contributed by atoms with Crippen molar-refractivity contribution in [2.45, 2.75) is 65.6 Å². The van der Waals surface area contributed by atoms with Gasteiger partial charge in [0.25, 0.3) is 0 Å². The van der Waals surface area contributed by atoms with Crippen LogP contribution in [0.5, 0.6) is 0 Å². The molecule has 0 unspecified atom stereocenters. The molecule has 0 bridgehead atoms. The summed E-state index contributed by atoms with van der Waals surface area (Å²) < 4.78 is 10.0. The Morgan fingerprint density at radius 1 is 1.12 bits per heavy atom. The highest BCUT2D eigenvalue weighted by Crippen LogP contribution is 2.09. The van der Waals surface area contributed by atoms with E-state index >= 15 is 0 Å². The molecule has 0 heterocycles. The van der Waals surface area contributed by atoms with E-state index in [1.54, 1.807) is 27.7 Å². The van der Waals surface area contributed by atoms with Gasteiger partial charge in [-0.3, -0.25) is 9.59 Å². The first-order valence-electron chi connectivity index (χ1n) is 8.08. The molecule has 3 atom stereocenters. The molecule has 0 radical (unpaired) electrons. The maximum Gasteiger partial charge on any atom is 0.408 e. The monoisotopic (exact) mass is 345 g/mol. The van der Waals surface area contributed by atoms with Crippen LogP contribution in [0.25, 0.3) is 0 Å². The molecule has 140 valence electrons. The van der Waals surface area contributed by atoms with Gasteiger partial charge in [0, 0.05) is 6.92 Å². The number of amides is 2. The second kappa shape index (κ2) is 10.1. The molecule has 8 heteroatoms. The van der Waals surface area contributed by atoms with E-state index in [0.29, 0.717) is 13.0 Å². The standard InChI is InChI=1S/C16H31N3O5/c1-10(8-17)7-13(19-15(22)24-16(4,5)6)14(21)18-11(2)9-23-12(3)20/h10-11,13H,7-9,17H2,1-6H3,(H,18,21)(H,19,22)/t10-,11+,13+/m1/s1. The number of ether oxygens (including phenoxy) is 2. The van der Waals surface area contributed by atoms with Crippen molar-refractivity contribution in [3.05, 3.63) is 0 Å². The first kappa shape index (κ1) is 22.2. The molecule has 2 amide bonds. The van der Waals surface area contributed by atoms with Gasteiger partial charge in [0.15, 0.2) is 0 Å². The number of hydrogen-bond donors (Lipinski definition) is 3. The zero-order valence-corrected chi connectivity index (χ0v) is 15.5. The van der Waals surface area contributed by atoms with Crippen LogP contribution < -0.4 is 16.4 Å². The highest BCUT2D eigenvalue weighted by Gasteiger charge is 2.26. The van der Waals surface area contributed by atoms with E-state index in [-0.39, 0.29) is 24.5 Å². The van der Waals surface area contributed by atoms with E-state index in [2.05, 4.69) is 10.6 Å². The van der Waals surface area contributed by atoms with Crippen molar-refractivity contribution < 1.29 is 23.9 Å². The van der Waals surface area contributed by atoms with Gasteiger partial charge in [-0.25, -0.2) is 4.79 Å². The Morgan fingerprint density at radius 2 is 1.71 bits per heavy atom. The second-order valence-electron chi connectivity index (χ2n) is 6.99. The lowest BCUT2D eigenvalue weighted by Crippen LogP contribution is -2.51. The van der Waals surface area contributed by atoms with Crippen LogP contribution in [0.15, 0.2) is 0 Å². The van der Waals surface area contributed by atoms with E-state index in [1.165, 1.54) is 6.92 Å². The number of carbonyl (C=O) groups excluding carboxylic acids is 3. The van der Waals surface area contributed by atoms with Gasteiger partial charge < -0.3 is 25.8 Å². The smallest absolute Gasteiger partial charge is 0.408 e. The lowest BCUT2D eigenvalue weighted by atomic mass is 10.0. The zero-order chi connectivity index (χ0) is 18.9. The lowest BCUT2D eigenvalue weighted by Gasteiger charge is -2.25. The van der Waals surface area contributed by atoms with Crippen molar-refractivity contribution >= 4 is 18.0 Å². The number of rotatable bonds is 8. The minimum Gasteiger partial charge on any atom is -0.464 e. The fraction of sp³-hybridized carbons (Fsp3) is 0.812. The Labute approximate surface area is 143 Å². The summed E-state index contributed by atoms with van der Waals surface area (Å²) in [4.78, 5) is 35.1. The summed E-state index contributed by atoms with van der Waals surface area (Å²) in [6.45, 7) is 10.6. The summed E-state index contributed by atoms with van der Waals surface area (Å²) in [7, 11) is 0. The van der Waals surface area contributed by atoms with E-state index in [0.717, 1.165) is 0 Å². The van der Waals surface area contributed by atoms with Gasteiger partial charge in [-0.05, 0) is 46.6 Å². The normalized spacial score (nSPS) is 15.0. The summed E-state index contributed by atoms with van der Waals surface area (Å²) in [5, 5.41) is 5.28. The van der Waals surface area contributed by atoms with Crippen LogP contribution >= 0.6 is 0 Å². The van der Waals surface area contributed by atoms with Gasteiger partial charge in [-0.1, -0.05) is 6.92 Å². The van der Waals surface area contributed by atoms with E-state index in [4.69, 9.17) is 15.2 Å². The van der Waals surface area contributed by atoms with Gasteiger partial charge in [0.1, 0.15) is 18.2 Å². The molecule has 0 aromatic heterocycles. The Balaban J connectivity index is 4.76. The van der Waals surface area contributed by atoms with Crippen molar-refractivity contribution in [3.8, 4) is 0 Å². The second-order valence-corrected chi connectivity index (χ2v) is 6.99. The predicted octanol–water partition coefficient (Wildman–Crippen LogP) is 0.932. The number of nitrogens with one attached hydrogen (secondary N) is 2. The maximum atomic E-state index is 12.4. The molecule has 0 aliphatic rings. The molecule has 0 spiro atoms. The molecule has 0 saturated carbocycles. The third-order valence-corrected chi connectivity index (χ3v) is 2.97. The molecular formula is C16H31N3O5. The predicted molar refractivity (Wildman–Crippen MR) is 90.2 cm³/mol. The van der Waals surface area contributed by atoms with Crippen molar-refractivity contribution in [1.29, 1.82) is 0 Å². The van der Waals surface area contributed by atoms with Crippen LogP contribution in [0.1, 0.15) is 48.0 Å². The fourth-order valence-corrected chi connectivity index (χ4v) is 1.81. The number of esters is 1. The molecule has 0 rings (SSSR count). The topological polar surface area (TPSA) is 120 Å². The summed E-state index contributed by atoms with van der Waals surface area (Å²) in [5.41, 5.74) is 4.94. The molecule has 24 heavy (non-hydrogen) atoms. The SMILES string of the molecule is CC(=O)OC[C@H](C)NC(=O)[C@H](C[C@@H](C)CN)NC(=O)OC(C)(C)C. The number of alkyl carbamates (subject to hydrolysis) is 1. The lowest BCUT2D eigenvalue weighted by molar-refractivity contribution is -0.142.